The van der Waals surface area contributed by atoms with Crippen molar-refractivity contribution in [1.29, 1.82) is 0 Å². The number of anilines is 1. The summed E-state index contributed by atoms with van der Waals surface area (Å²) in [5, 5.41) is 5.77. The maximum Gasteiger partial charge on any atom is 0.389 e. The Hall–Kier alpha value is -1.72. The molecular weight excluding hydrogens is 269 g/mol. The Balaban J connectivity index is 1.93. The number of halogens is 3. The lowest BCUT2D eigenvalue weighted by atomic mass is 9.97. The van der Waals surface area contributed by atoms with Gasteiger partial charge in [0.15, 0.2) is 0 Å². The number of benzene rings is 1. The largest absolute Gasteiger partial charge is 0.389 e. The Labute approximate surface area is 115 Å². The van der Waals surface area contributed by atoms with Crippen LogP contribution in [0.25, 0.3) is 0 Å². The van der Waals surface area contributed by atoms with Crippen LogP contribution in [0.1, 0.15) is 35.2 Å². The second-order valence-electron chi connectivity index (χ2n) is 4.84. The van der Waals surface area contributed by atoms with Gasteiger partial charge in [-0.2, -0.15) is 13.2 Å². The van der Waals surface area contributed by atoms with Gasteiger partial charge in [0.25, 0.3) is 5.91 Å². The molecule has 0 atom stereocenters. The zero-order chi connectivity index (χ0) is 14.6. The van der Waals surface area contributed by atoms with Crippen molar-refractivity contribution >= 4 is 11.6 Å². The minimum Gasteiger partial charge on any atom is -0.385 e. The van der Waals surface area contributed by atoms with E-state index in [0.29, 0.717) is 5.56 Å². The fourth-order valence-corrected chi connectivity index (χ4v) is 2.31. The first-order valence-corrected chi connectivity index (χ1v) is 6.68. The van der Waals surface area contributed by atoms with E-state index in [1.54, 1.807) is 12.1 Å². The van der Waals surface area contributed by atoms with E-state index in [-0.39, 0.29) is 18.9 Å². The molecule has 0 bridgehead atoms. The number of hydrogen-bond donors (Lipinski definition) is 2. The third kappa shape index (κ3) is 3.88. The molecule has 3 nitrogen and oxygen atoms in total. The molecule has 0 aliphatic carbocycles. The van der Waals surface area contributed by atoms with E-state index in [0.717, 1.165) is 30.6 Å². The van der Waals surface area contributed by atoms with Crippen molar-refractivity contribution in [2.45, 2.75) is 31.9 Å². The highest BCUT2D eigenvalue weighted by atomic mass is 19.4. The van der Waals surface area contributed by atoms with Crippen LogP contribution in [0.3, 0.4) is 0 Å². The number of hydrogen-bond acceptors (Lipinski definition) is 2. The smallest absolute Gasteiger partial charge is 0.385 e. The first-order chi connectivity index (χ1) is 9.47. The van der Waals surface area contributed by atoms with Crippen molar-refractivity contribution in [2.75, 3.05) is 18.4 Å². The summed E-state index contributed by atoms with van der Waals surface area (Å²) in [6.07, 6.45) is -3.37. The van der Waals surface area contributed by atoms with Crippen LogP contribution < -0.4 is 10.6 Å². The van der Waals surface area contributed by atoms with E-state index >= 15 is 0 Å². The maximum atomic E-state index is 12.0. The number of amides is 1. The number of carbonyl (C=O) groups excluding carboxylic acids is 1. The third-order valence-corrected chi connectivity index (χ3v) is 3.26. The fraction of sp³-hybridized carbons (Fsp3) is 0.500. The highest BCUT2D eigenvalue weighted by molar-refractivity contribution is 5.97. The van der Waals surface area contributed by atoms with Crippen LogP contribution >= 0.6 is 0 Å². The highest BCUT2D eigenvalue weighted by Crippen LogP contribution is 2.25. The van der Waals surface area contributed by atoms with Gasteiger partial charge < -0.3 is 10.6 Å². The lowest BCUT2D eigenvalue weighted by Gasteiger charge is -2.20. The highest BCUT2D eigenvalue weighted by Gasteiger charge is 2.26. The van der Waals surface area contributed by atoms with Crippen LogP contribution in [-0.4, -0.2) is 25.2 Å². The summed E-state index contributed by atoms with van der Waals surface area (Å²) in [4.78, 5) is 12.0. The summed E-state index contributed by atoms with van der Waals surface area (Å²) in [7, 11) is 0. The monoisotopic (exact) mass is 286 g/mol. The molecular formula is C14H17F3N2O. The summed E-state index contributed by atoms with van der Waals surface area (Å²) in [5.41, 5.74) is 2.45. The van der Waals surface area contributed by atoms with Crippen molar-refractivity contribution in [3.63, 3.8) is 0 Å². The number of carbonyl (C=O) groups is 1. The van der Waals surface area contributed by atoms with Crippen LogP contribution in [0.2, 0.25) is 0 Å². The molecule has 2 rings (SSSR count). The van der Waals surface area contributed by atoms with E-state index in [2.05, 4.69) is 10.6 Å². The molecule has 6 heteroatoms. The fourth-order valence-electron chi connectivity index (χ4n) is 2.31. The Morgan fingerprint density at radius 2 is 2.15 bits per heavy atom. The molecule has 0 unspecified atom stereocenters. The van der Waals surface area contributed by atoms with Crippen molar-refractivity contribution in [2.24, 2.45) is 0 Å². The molecule has 1 aromatic rings. The van der Waals surface area contributed by atoms with Gasteiger partial charge in [0.05, 0.1) is 0 Å². The summed E-state index contributed by atoms with van der Waals surface area (Å²) in [6.45, 7) is 0.916. The van der Waals surface area contributed by atoms with Gasteiger partial charge in [-0.25, -0.2) is 0 Å². The second kappa shape index (κ2) is 6.15. The first-order valence-electron chi connectivity index (χ1n) is 6.68. The summed E-state index contributed by atoms with van der Waals surface area (Å²) < 4.78 is 36.0. The average Bonchev–Trinajstić information content (AvgIpc) is 2.41. The van der Waals surface area contributed by atoms with Gasteiger partial charge in [-0.1, -0.05) is 6.07 Å². The van der Waals surface area contributed by atoms with Gasteiger partial charge in [-0.3, -0.25) is 4.79 Å². The standard InChI is InChI=1S/C14H17F3N2O/c15-14(16,17)7-3-9-19-13(20)11-4-1-6-12-10(11)5-2-8-18-12/h1,4,6,18H,2-3,5,7-9H2,(H,19,20). The molecule has 1 aromatic carbocycles. The SMILES string of the molecule is O=C(NCCCC(F)(F)F)c1cccc2c1CCCN2. The topological polar surface area (TPSA) is 41.1 Å². The second-order valence-corrected chi connectivity index (χ2v) is 4.84. The van der Waals surface area contributed by atoms with Gasteiger partial charge >= 0.3 is 6.18 Å². The molecule has 0 saturated carbocycles. The molecule has 0 fully saturated rings. The van der Waals surface area contributed by atoms with Gasteiger partial charge in [0.1, 0.15) is 0 Å². The molecule has 0 spiro atoms. The quantitative estimate of drug-likeness (QED) is 0.835. The van der Waals surface area contributed by atoms with E-state index in [9.17, 15) is 18.0 Å². The van der Waals surface area contributed by atoms with Crippen LogP contribution in [0.4, 0.5) is 18.9 Å². The van der Waals surface area contributed by atoms with Crippen LogP contribution in [-0.2, 0) is 6.42 Å². The zero-order valence-corrected chi connectivity index (χ0v) is 11.0. The van der Waals surface area contributed by atoms with Gasteiger partial charge in [0, 0.05) is 30.8 Å². The third-order valence-electron chi connectivity index (χ3n) is 3.26. The number of rotatable bonds is 4. The van der Waals surface area contributed by atoms with Crippen LogP contribution in [0.15, 0.2) is 18.2 Å². The van der Waals surface area contributed by atoms with Crippen LogP contribution in [0.5, 0.6) is 0 Å². The Bertz CT molecular complexity index is 486. The molecule has 0 aromatic heterocycles. The average molecular weight is 286 g/mol. The molecule has 1 aliphatic heterocycles. The van der Waals surface area contributed by atoms with E-state index < -0.39 is 12.6 Å². The van der Waals surface area contributed by atoms with Crippen molar-refractivity contribution in [3.8, 4) is 0 Å². The number of nitrogens with one attached hydrogen (secondary N) is 2. The Kier molecular flexibility index (Phi) is 4.52. The molecule has 0 saturated heterocycles. The Morgan fingerprint density at radius 1 is 1.35 bits per heavy atom. The minimum absolute atomic E-state index is 0.0371. The van der Waals surface area contributed by atoms with Crippen molar-refractivity contribution < 1.29 is 18.0 Å². The lowest BCUT2D eigenvalue weighted by molar-refractivity contribution is -0.135. The van der Waals surface area contributed by atoms with Crippen LogP contribution in [0, 0.1) is 0 Å². The summed E-state index contributed by atoms with van der Waals surface area (Å²) in [6, 6.07) is 5.40. The molecule has 1 amide bonds. The van der Waals surface area contributed by atoms with E-state index in [1.807, 2.05) is 6.07 Å². The Morgan fingerprint density at radius 3 is 2.90 bits per heavy atom. The molecule has 110 valence electrons. The molecule has 2 N–H and O–H groups in total. The van der Waals surface area contributed by atoms with Gasteiger partial charge in [-0.05, 0) is 37.0 Å². The predicted molar refractivity (Wildman–Crippen MR) is 70.9 cm³/mol. The summed E-state index contributed by atoms with van der Waals surface area (Å²) in [5.74, 6) is -0.298. The number of fused-ring (bicyclic) bond motifs is 1. The molecule has 0 radical (unpaired) electrons. The molecule has 1 heterocycles. The molecule has 1 aliphatic rings. The zero-order valence-electron chi connectivity index (χ0n) is 11.0. The van der Waals surface area contributed by atoms with Crippen molar-refractivity contribution in [3.05, 3.63) is 29.3 Å². The lowest BCUT2D eigenvalue weighted by Crippen LogP contribution is -2.27. The maximum absolute atomic E-state index is 12.0. The molecule has 20 heavy (non-hydrogen) atoms. The van der Waals surface area contributed by atoms with Gasteiger partial charge in [0.2, 0.25) is 0 Å². The number of alkyl halides is 3. The summed E-state index contributed by atoms with van der Waals surface area (Å²) >= 11 is 0. The van der Waals surface area contributed by atoms with Crippen molar-refractivity contribution in [1.82, 2.24) is 5.32 Å². The van der Waals surface area contributed by atoms with Gasteiger partial charge in [-0.15, -0.1) is 0 Å². The van der Waals surface area contributed by atoms with E-state index in [1.165, 1.54) is 0 Å². The minimum atomic E-state index is -4.17. The first kappa shape index (κ1) is 14.7. The predicted octanol–water partition coefficient (Wildman–Crippen LogP) is 3.12. The van der Waals surface area contributed by atoms with E-state index in [4.69, 9.17) is 0 Å². The normalized spacial score (nSPS) is 14.3.